The minimum absolute atomic E-state index is 0.185. The monoisotopic (exact) mass is 378 g/mol. The zero-order valence-electron chi connectivity index (χ0n) is 16.1. The quantitative estimate of drug-likeness (QED) is 0.838. The van der Waals surface area contributed by atoms with E-state index in [4.69, 9.17) is 4.42 Å². The fraction of sp³-hybridized carbons (Fsp3) is 0.421. The lowest BCUT2D eigenvalue weighted by atomic mass is 10.1. The van der Waals surface area contributed by atoms with E-state index in [-0.39, 0.29) is 23.4 Å². The Kier molecular flexibility index (Phi) is 5.93. The summed E-state index contributed by atoms with van der Waals surface area (Å²) in [7, 11) is -2.32. The molecule has 2 aromatic rings. The largest absolute Gasteiger partial charge is 0.466 e. The Morgan fingerprint density at radius 1 is 1.15 bits per heavy atom. The van der Waals surface area contributed by atoms with Gasteiger partial charge in [-0.15, -0.1) is 0 Å². The van der Waals surface area contributed by atoms with Gasteiger partial charge in [-0.3, -0.25) is 4.79 Å². The van der Waals surface area contributed by atoms with E-state index >= 15 is 0 Å². The molecule has 0 bridgehead atoms. The van der Waals surface area contributed by atoms with Crippen LogP contribution in [-0.2, 0) is 14.8 Å². The summed E-state index contributed by atoms with van der Waals surface area (Å²) in [6.07, 6.45) is 0. The highest BCUT2D eigenvalue weighted by Gasteiger charge is 2.24. The molecule has 1 aromatic carbocycles. The van der Waals surface area contributed by atoms with Gasteiger partial charge in [-0.1, -0.05) is 6.07 Å². The van der Waals surface area contributed by atoms with Crippen molar-refractivity contribution in [3.8, 4) is 0 Å². The Bertz CT molecular complexity index is 916. The zero-order chi connectivity index (χ0) is 19.6. The van der Waals surface area contributed by atoms with E-state index in [0.29, 0.717) is 0 Å². The summed E-state index contributed by atoms with van der Waals surface area (Å²) >= 11 is 0. The van der Waals surface area contributed by atoms with Crippen molar-refractivity contribution < 1.29 is 17.6 Å². The molecule has 7 heteroatoms. The average Bonchev–Trinajstić information content (AvgIpc) is 2.88. The van der Waals surface area contributed by atoms with Crippen molar-refractivity contribution in [1.82, 2.24) is 9.62 Å². The van der Waals surface area contributed by atoms with Crippen LogP contribution < -0.4 is 5.32 Å². The van der Waals surface area contributed by atoms with Crippen molar-refractivity contribution in [2.45, 2.75) is 45.6 Å². The SMILES string of the molecule is Cc1cc(C(C)NC(=O)CN(C)S(=O)(=O)c2ccc(C)c(C)c2)c(C)o1. The second-order valence-corrected chi connectivity index (χ2v) is 8.71. The maximum atomic E-state index is 12.7. The first-order valence-electron chi connectivity index (χ1n) is 8.42. The molecule has 0 aliphatic heterocycles. The Morgan fingerprint density at radius 3 is 2.35 bits per heavy atom. The lowest BCUT2D eigenvalue weighted by molar-refractivity contribution is -0.121. The summed E-state index contributed by atoms with van der Waals surface area (Å²) in [5, 5.41) is 2.82. The molecule has 1 amide bonds. The number of benzene rings is 1. The molecule has 1 heterocycles. The summed E-state index contributed by atoms with van der Waals surface area (Å²) in [5.41, 5.74) is 2.79. The Balaban J connectivity index is 2.08. The molecule has 6 nitrogen and oxygen atoms in total. The minimum atomic E-state index is -3.72. The Labute approximate surface area is 155 Å². The molecule has 0 radical (unpaired) electrons. The predicted octanol–water partition coefficient (Wildman–Crippen LogP) is 3.01. The number of aryl methyl sites for hydroxylation is 4. The highest BCUT2D eigenvalue weighted by molar-refractivity contribution is 7.89. The molecule has 1 N–H and O–H groups in total. The van der Waals surface area contributed by atoms with Gasteiger partial charge in [0.2, 0.25) is 15.9 Å². The summed E-state index contributed by atoms with van der Waals surface area (Å²) in [4.78, 5) is 12.5. The molecule has 0 spiro atoms. The van der Waals surface area contributed by atoms with Crippen LogP contribution in [0, 0.1) is 27.7 Å². The lowest BCUT2D eigenvalue weighted by Crippen LogP contribution is -2.39. The number of rotatable bonds is 6. The third-order valence-corrected chi connectivity index (χ3v) is 6.28. The minimum Gasteiger partial charge on any atom is -0.466 e. The summed E-state index contributed by atoms with van der Waals surface area (Å²) < 4.78 is 31.9. The maximum absolute atomic E-state index is 12.7. The summed E-state index contributed by atoms with van der Waals surface area (Å²) in [6.45, 7) is 9.04. The molecule has 0 saturated carbocycles. The van der Waals surface area contributed by atoms with Crippen LogP contribution in [0.4, 0.5) is 0 Å². The second kappa shape index (κ2) is 7.63. The van der Waals surface area contributed by atoms with Gasteiger partial charge >= 0.3 is 0 Å². The number of amides is 1. The Morgan fingerprint density at radius 2 is 1.81 bits per heavy atom. The number of hydrogen-bond acceptors (Lipinski definition) is 4. The van der Waals surface area contributed by atoms with E-state index in [1.54, 1.807) is 18.2 Å². The van der Waals surface area contributed by atoms with Crippen molar-refractivity contribution in [3.63, 3.8) is 0 Å². The first-order chi connectivity index (χ1) is 12.0. The third kappa shape index (κ3) is 4.34. The molecular formula is C19H26N2O4S. The highest BCUT2D eigenvalue weighted by atomic mass is 32.2. The molecule has 0 aliphatic carbocycles. The number of nitrogens with one attached hydrogen (secondary N) is 1. The molecule has 2 rings (SSSR count). The van der Waals surface area contributed by atoms with Crippen LogP contribution in [0.3, 0.4) is 0 Å². The topological polar surface area (TPSA) is 79.6 Å². The van der Waals surface area contributed by atoms with Crippen molar-refractivity contribution in [2.24, 2.45) is 0 Å². The third-order valence-electron chi connectivity index (χ3n) is 4.48. The van der Waals surface area contributed by atoms with Crippen molar-refractivity contribution >= 4 is 15.9 Å². The lowest BCUT2D eigenvalue weighted by Gasteiger charge is -2.19. The van der Waals surface area contributed by atoms with Crippen LogP contribution in [0.25, 0.3) is 0 Å². The summed E-state index contributed by atoms with van der Waals surface area (Å²) in [6, 6.07) is 6.56. The number of furan rings is 1. The van der Waals surface area contributed by atoms with Crippen LogP contribution in [0.1, 0.15) is 41.2 Å². The van der Waals surface area contributed by atoms with Gasteiger partial charge in [-0.25, -0.2) is 8.42 Å². The number of nitrogens with zero attached hydrogens (tertiary/aromatic N) is 1. The van der Waals surface area contributed by atoms with E-state index in [0.717, 1.165) is 32.5 Å². The van der Waals surface area contributed by atoms with E-state index < -0.39 is 10.0 Å². The van der Waals surface area contributed by atoms with Crippen LogP contribution in [0.5, 0.6) is 0 Å². The molecule has 142 valence electrons. The van der Waals surface area contributed by atoms with E-state index in [1.807, 2.05) is 40.7 Å². The number of carbonyl (C=O) groups excluding carboxylic acids is 1. The van der Waals surface area contributed by atoms with Gasteiger partial charge in [0.1, 0.15) is 11.5 Å². The van der Waals surface area contributed by atoms with Crippen LogP contribution in [0.15, 0.2) is 33.6 Å². The first kappa shape index (κ1) is 20.2. The molecular weight excluding hydrogens is 352 g/mol. The Hall–Kier alpha value is -2.12. The second-order valence-electron chi connectivity index (χ2n) is 6.66. The van der Waals surface area contributed by atoms with Crippen molar-refractivity contribution in [1.29, 1.82) is 0 Å². The molecule has 0 saturated heterocycles. The first-order valence-corrected chi connectivity index (χ1v) is 9.86. The summed E-state index contributed by atoms with van der Waals surface area (Å²) in [5.74, 6) is 1.14. The van der Waals surface area contributed by atoms with Gasteiger partial charge in [0.05, 0.1) is 17.5 Å². The van der Waals surface area contributed by atoms with E-state index in [9.17, 15) is 13.2 Å². The number of hydrogen-bond donors (Lipinski definition) is 1. The van der Waals surface area contributed by atoms with E-state index in [1.165, 1.54) is 7.05 Å². The fourth-order valence-corrected chi connectivity index (χ4v) is 4.00. The van der Waals surface area contributed by atoms with Crippen molar-refractivity contribution in [2.75, 3.05) is 13.6 Å². The van der Waals surface area contributed by atoms with Crippen molar-refractivity contribution in [3.05, 3.63) is 52.5 Å². The van der Waals surface area contributed by atoms with Crippen LogP contribution >= 0.6 is 0 Å². The number of likely N-dealkylation sites (N-methyl/N-ethyl adjacent to an activating group) is 1. The number of carbonyl (C=O) groups is 1. The number of sulfonamides is 1. The molecule has 1 atom stereocenters. The van der Waals surface area contributed by atoms with Crippen LogP contribution in [0.2, 0.25) is 0 Å². The standard InChI is InChI=1S/C19H26N2O4S/c1-12-7-8-17(9-13(12)2)26(23,24)21(6)11-19(22)20-15(4)18-10-14(3)25-16(18)5/h7-10,15H,11H2,1-6H3,(H,20,22). The molecule has 0 aliphatic rings. The molecule has 26 heavy (non-hydrogen) atoms. The molecule has 0 fully saturated rings. The molecule has 1 aromatic heterocycles. The van der Waals surface area contributed by atoms with Crippen LogP contribution in [-0.4, -0.2) is 32.2 Å². The van der Waals surface area contributed by atoms with Gasteiger partial charge in [0.25, 0.3) is 0 Å². The average molecular weight is 378 g/mol. The highest BCUT2D eigenvalue weighted by Crippen LogP contribution is 2.21. The molecule has 1 unspecified atom stereocenters. The fourth-order valence-electron chi connectivity index (χ4n) is 2.79. The van der Waals surface area contributed by atoms with Gasteiger partial charge in [0, 0.05) is 12.6 Å². The zero-order valence-corrected chi connectivity index (χ0v) is 16.9. The van der Waals surface area contributed by atoms with Gasteiger partial charge < -0.3 is 9.73 Å². The normalized spacial score (nSPS) is 13.0. The van der Waals surface area contributed by atoms with Gasteiger partial charge in [-0.05, 0) is 63.9 Å². The van der Waals surface area contributed by atoms with Gasteiger partial charge in [-0.2, -0.15) is 4.31 Å². The maximum Gasteiger partial charge on any atom is 0.243 e. The van der Waals surface area contributed by atoms with Gasteiger partial charge in [0.15, 0.2) is 0 Å². The predicted molar refractivity (Wildman–Crippen MR) is 100 cm³/mol. The van der Waals surface area contributed by atoms with E-state index in [2.05, 4.69) is 5.32 Å². The smallest absolute Gasteiger partial charge is 0.243 e.